The predicted octanol–water partition coefficient (Wildman–Crippen LogP) is 4.60. The molecule has 3 aromatic carbocycles. The number of benzene rings is 3. The molecule has 3 rings (SSSR count). The molecule has 1 unspecified atom stereocenters. The average Bonchev–Trinajstić information content (AvgIpc) is 2.75. The number of nitrogens with one attached hydrogen (secondary N) is 2. The lowest BCUT2D eigenvalue weighted by Gasteiger charge is -2.15. The molecule has 0 saturated heterocycles. The summed E-state index contributed by atoms with van der Waals surface area (Å²) in [7, 11) is 0.493. The van der Waals surface area contributed by atoms with Gasteiger partial charge in [0.05, 0.1) is 16.7 Å². The molecule has 1 atom stereocenters. The van der Waals surface area contributed by atoms with Crippen LogP contribution in [-0.2, 0) is 22.1 Å². The van der Waals surface area contributed by atoms with Gasteiger partial charge in [0.15, 0.2) is 9.84 Å². The Morgan fingerprint density at radius 3 is 2.06 bits per heavy atom. The molecular formula is C25H29N3O3S. The van der Waals surface area contributed by atoms with Crippen molar-refractivity contribution in [2.45, 2.75) is 30.2 Å². The second-order valence-corrected chi connectivity index (χ2v) is 10.1. The molecule has 0 fully saturated rings. The molecule has 3 aromatic rings. The number of carbonyl (C=O) groups excluding carboxylic acids is 1. The van der Waals surface area contributed by atoms with Gasteiger partial charge in [0.2, 0.25) is 0 Å². The van der Waals surface area contributed by atoms with Crippen molar-refractivity contribution in [3.8, 4) is 0 Å². The first kappa shape index (κ1) is 23.5. The highest BCUT2D eigenvalue weighted by atomic mass is 32.2. The molecule has 7 heteroatoms. The lowest BCUT2D eigenvalue weighted by atomic mass is 10.1. The Balaban J connectivity index is 1.59. The van der Waals surface area contributed by atoms with E-state index in [1.54, 1.807) is 12.1 Å². The van der Waals surface area contributed by atoms with E-state index in [1.165, 1.54) is 12.1 Å². The molecule has 0 aromatic heterocycles. The molecule has 2 N–H and O–H groups in total. The van der Waals surface area contributed by atoms with Crippen molar-refractivity contribution in [2.24, 2.45) is 0 Å². The molecule has 6 nitrogen and oxygen atoms in total. The van der Waals surface area contributed by atoms with Crippen molar-refractivity contribution in [3.05, 3.63) is 95.6 Å². The normalized spacial score (nSPS) is 12.4. The number of urea groups is 1. The van der Waals surface area contributed by atoms with Crippen molar-refractivity contribution < 1.29 is 13.2 Å². The van der Waals surface area contributed by atoms with Crippen LogP contribution < -0.4 is 10.6 Å². The summed E-state index contributed by atoms with van der Waals surface area (Å²) in [5, 5.41) is 5.61. The maximum absolute atomic E-state index is 12.8. The highest BCUT2D eigenvalue weighted by Gasteiger charge is 2.16. The van der Waals surface area contributed by atoms with E-state index in [-0.39, 0.29) is 22.7 Å². The van der Waals surface area contributed by atoms with Crippen LogP contribution in [0.3, 0.4) is 0 Å². The minimum absolute atomic E-state index is 0.0723. The molecule has 0 aliphatic rings. The molecule has 0 saturated carbocycles. The molecule has 0 bridgehead atoms. The highest BCUT2D eigenvalue weighted by Crippen LogP contribution is 2.20. The van der Waals surface area contributed by atoms with Crippen molar-refractivity contribution >= 4 is 21.6 Å². The smallest absolute Gasteiger partial charge is 0.319 e. The van der Waals surface area contributed by atoms with Crippen LogP contribution in [0.25, 0.3) is 0 Å². The van der Waals surface area contributed by atoms with Crippen molar-refractivity contribution in [3.63, 3.8) is 0 Å². The van der Waals surface area contributed by atoms with Crippen LogP contribution in [0.1, 0.15) is 29.7 Å². The fraction of sp³-hybridized carbons (Fsp3) is 0.240. The van der Waals surface area contributed by atoms with Crippen LogP contribution >= 0.6 is 0 Å². The first-order valence-electron chi connectivity index (χ1n) is 10.4. The number of nitrogens with zero attached hydrogens (tertiary/aromatic N) is 1. The molecule has 0 radical (unpaired) electrons. The van der Waals surface area contributed by atoms with E-state index >= 15 is 0 Å². The van der Waals surface area contributed by atoms with E-state index in [4.69, 9.17) is 0 Å². The maximum Gasteiger partial charge on any atom is 0.319 e. The van der Waals surface area contributed by atoms with Crippen LogP contribution in [-0.4, -0.2) is 33.4 Å². The topological polar surface area (TPSA) is 78.5 Å². The first-order chi connectivity index (χ1) is 15.2. The Hall–Kier alpha value is -3.16. The van der Waals surface area contributed by atoms with E-state index < -0.39 is 9.84 Å². The Labute approximate surface area is 190 Å². The minimum atomic E-state index is -3.49. The summed E-state index contributed by atoms with van der Waals surface area (Å²) in [6.07, 6.45) is 0. The van der Waals surface area contributed by atoms with Gasteiger partial charge < -0.3 is 15.5 Å². The number of carbonyl (C=O) groups is 1. The first-order valence-corrected chi connectivity index (χ1v) is 12.1. The molecule has 2 amide bonds. The summed E-state index contributed by atoms with van der Waals surface area (Å²) in [5.74, 6) is -0.0723. The predicted molar refractivity (Wildman–Crippen MR) is 128 cm³/mol. The van der Waals surface area contributed by atoms with Gasteiger partial charge in [0.25, 0.3) is 0 Å². The quantitative estimate of drug-likeness (QED) is 0.524. The Morgan fingerprint density at radius 1 is 0.875 bits per heavy atom. The zero-order valence-electron chi connectivity index (χ0n) is 18.6. The van der Waals surface area contributed by atoms with Crippen LogP contribution in [0, 0.1) is 0 Å². The fourth-order valence-electron chi connectivity index (χ4n) is 3.34. The largest absolute Gasteiger partial charge is 0.331 e. The number of rotatable bonds is 8. The van der Waals surface area contributed by atoms with Gasteiger partial charge >= 0.3 is 6.03 Å². The minimum Gasteiger partial charge on any atom is -0.331 e. The van der Waals surface area contributed by atoms with Gasteiger partial charge in [-0.2, -0.15) is 0 Å². The maximum atomic E-state index is 12.8. The molecule has 32 heavy (non-hydrogen) atoms. The van der Waals surface area contributed by atoms with Gasteiger partial charge in [-0.05, 0) is 62.0 Å². The molecule has 0 spiro atoms. The van der Waals surface area contributed by atoms with Crippen molar-refractivity contribution in [1.29, 1.82) is 0 Å². The van der Waals surface area contributed by atoms with Crippen LogP contribution in [0.15, 0.2) is 83.8 Å². The Bertz CT molecular complexity index is 1130. The van der Waals surface area contributed by atoms with Crippen molar-refractivity contribution in [2.75, 3.05) is 19.4 Å². The third kappa shape index (κ3) is 6.67. The Kier molecular flexibility index (Phi) is 7.66. The van der Waals surface area contributed by atoms with E-state index in [2.05, 4.69) is 15.5 Å². The molecule has 0 aliphatic heterocycles. The fourth-order valence-corrected chi connectivity index (χ4v) is 4.69. The van der Waals surface area contributed by atoms with Gasteiger partial charge in [0, 0.05) is 12.2 Å². The van der Waals surface area contributed by atoms with Gasteiger partial charge in [-0.1, -0.05) is 54.6 Å². The summed E-state index contributed by atoms with van der Waals surface area (Å²) >= 11 is 0. The number of sulfone groups is 1. The summed E-state index contributed by atoms with van der Waals surface area (Å²) in [6.45, 7) is 2.71. The lowest BCUT2D eigenvalue weighted by molar-refractivity contribution is 0.249. The SMILES string of the molecule is CC(NC(=O)Nc1ccc(S(=O)(=O)Cc2ccc(CN(C)C)cc2)cc1)c1ccccc1. The van der Waals surface area contributed by atoms with Crippen LogP contribution in [0.4, 0.5) is 10.5 Å². The molecular weight excluding hydrogens is 422 g/mol. The molecule has 0 heterocycles. The number of hydrogen-bond acceptors (Lipinski definition) is 4. The zero-order valence-corrected chi connectivity index (χ0v) is 19.4. The number of hydrogen-bond donors (Lipinski definition) is 2. The van der Waals surface area contributed by atoms with Gasteiger partial charge in [-0.3, -0.25) is 0 Å². The third-order valence-corrected chi connectivity index (χ3v) is 6.70. The summed E-state index contributed by atoms with van der Waals surface area (Å²) in [6, 6.07) is 23.0. The molecule has 168 valence electrons. The summed E-state index contributed by atoms with van der Waals surface area (Å²) in [4.78, 5) is 14.6. The monoisotopic (exact) mass is 451 g/mol. The second kappa shape index (κ2) is 10.4. The second-order valence-electron chi connectivity index (χ2n) is 8.07. The standard InChI is InChI=1S/C25H29N3O3S/c1-19(22-7-5-4-6-8-22)26-25(29)27-23-13-15-24(16-14-23)32(30,31)18-21-11-9-20(10-12-21)17-28(2)3/h4-16,19H,17-18H2,1-3H3,(H2,26,27,29). The third-order valence-electron chi connectivity index (χ3n) is 5.00. The van der Waals surface area contributed by atoms with Gasteiger partial charge in [-0.15, -0.1) is 0 Å². The molecule has 0 aliphatic carbocycles. The number of amides is 2. The van der Waals surface area contributed by atoms with Gasteiger partial charge in [0.1, 0.15) is 0 Å². The Morgan fingerprint density at radius 2 is 1.47 bits per heavy atom. The highest BCUT2D eigenvalue weighted by molar-refractivity contribution is 7.90. The summed E-state index contributed by atoms with van der Waals surface area (Å²) in [5.41, 5.74) is 3.39. The van der Waals surface area contributed by atoms with E-state index in [1.807, 2.05) is 75.6 Å². The van der Waals surface area contributed by atoms with Gasteiger partial charge in [-0.25, -0.2) is 13.2 Å². The van der Waals surface area contributed by atoms with E-state index in [0.29, 0.717) is 5.69 Å². The van der Waals surface area contributed by atoms with Crippen molar-refractivity contribution in [1.82, 2.24) is 10.2 Å². The van der Waals surface area contributed by atoms with E-state index in [9.17, 15) is 13.2 Å². The zero-order chi connectivity index (χ0) is 23.1. The number of anilines is 1. The lowest BCUT2D eigenvalue weighted by Crippen LogP contribution is -2.31. The average molecular weight is 452 g/mol. The van der Waals surface area contributed by atoms with E-state index in [0.717, 1.165) is 23.2 Å². The summed E-state index contributed by atoms with van der Waals surface area (Å²) < 4.78 is 25.6. The van der Waals surface area contributed by atoms with Crippen LogP contribution in [0.5, 0.6) is 0 Å². The van der Waals surface area contributed by atoms with Crippen LogP contribution in [0.2, 0.25) is 0 Å².